The van der Waals surface area contributed by atoms with Crippen molar-refractivity contribution in [1.82, 2.24) is 4.98 Å². The number of thioether (sulfide) groups is 1. The van der Waals surface area contributed by atoms with E-state index in [2.05, 4.69) is 11.1 Å². The number of ether oxygens (including phenoxy) is 1. The summed E-state index contributed by atoms with van der Waals surface area (Å²) >= 11 is 1.29. The normalized spacial score (nSPS) is 13.2. The third-order valence-corrected chi connectivity index (χ3v) is 4.22. The summed E-state index contributed by atoms with van der Waals surface area (Å²) in [6.45, 7) is 5.61. The minimum Gasteiger partial charge on any atom is -0.462 e. The van der Waals surface area contributed by atoms with Crippen LogP contribution in [0.4, 0.5) is 0 Å². The molecule has 5 heteroatoms. The highest BCUT2D eigenvalue weighted by atomic mass is 32.2. The van der Waals surface area contributed by atoms with E-state index in [1.165, 1.54) is 17.3 Å². The average molecular weight is 290 g/mol. The summed E-state index contributed by atoms with van der Waals surface area (Å²) in [5, 5.41) is 9.98. The van der Waals surface area contributed by atoms with E-state index < -0.39 is 0 Å². The molecule has 20 heavy (non-hydrogen) atoms. The van der Waals surface area contributed by atoms with Crippen LogP contribution in [0.15, 0.2) is 5.03 Å². The lowest BCUT2D eigenvalue weighted by Crippen LogP contribution is -2.13. The van der Waals surface area contributed by atoms with Gasteiger partial charge in [0.2, 0.25) is 0 Å². The van der Waals surface area contributed by atoms with Gasteiger partial charge in [-0.15, -0.1) is 0 Å². The van der Waals surface area contributed by atoms with Crippen LogP contribution in [0.5, 0.6) is 0 Å². The molecule has 0 amide bonds. The maximum absolute atomic E-state index is 11.6. The maximum Gasteiger partial charge on any atom is 0.316 e. The van der Waals surface area contributed by atoms with Gasteiger partial charge in [0.25, 0.3) is 0 Å². The molecule has 4 nitrogen and oxygen atoms in total. The Morgan fingerprint density at radius 1 is 1.50 bits per heavy atom. The average Bonchev–Trinajstić information content (AvgIpc) is 2.84. The fourth-order valence-electron chi connectivity index (χ4n) is 2.41. The molecule has 0 saturated heterocycles. The molecule has 0 saturated carbocycles. The zero-order valence-corrected chi connectivity index (χ0v) is 12.8. The van der Waals surface area contributed by atoms with E-state index in [9.17, 15) is 10.1 Å². The lowest BCUT2D eigenvalue weighted by atomic mass is 10.0. The van der Waals surface area contributed by atoms with E-state index in [1.807, 2.05) is 20.8 Å². The Labute approximate surface area is 123 Å². The largest absolute Gasteiger partial charge is 0.462 e. The number of aryl methyl sites for hydroxylation is 1. The number of carbonyl (C=O) groups is 1. The van der Waals surface area contributed by atoms with Crippen LogP contribution in [0.2, 0.25) is 0 Å². The van der Waals surface area contributed by atoms with Gasteiger partial charge in [-0.2, -0.15) is 5.26 Å². The molecule has 0 aromatic carbocycles. The van der Waals surface area contributed by atoms with E-state index in [4.69, 9.17) is 4.74 Å². The molecule has 0 radical (unpaired) electrons. The number of esters is 1. The Balaban J connectivity index is 2.18. The summed E-state index contributed by atoms with van der Waals surface area (Å²) < 4.78 is 5.10. The predicted molar refractivity (Wildman–Crippen MR) is 77.7 cm³/mol. The van der Waals surface area contributed by atoms with Crippen molar-refractivity contribution >= 4 is 17.7 Å². The number of nitriles is 1. The second-order valence-corrected chi connectivity index (χ2v) is 6.10. The van der Waals surface area contributed by atoms with Crippen molar-refractivity contribution in [1.29, 1.82) is 5.26 Å². The Kier molecular flexibility index (Phi) is 4.66. The Morgan fingerprint density at radius 3 is 2.90 bits per heavy atom. The van der Waals surface area contributed by atoms with Gasteiger partial charge in [0.1, 0.15) is 11.1 Å². The van der Waals surface area contributed by atoms with Crippen molar-refractivity contribution in [3.05, 3.63) is 22.4 Å². The highest BCUT2D eigenvalue weighted by Crippen LogP contribution is 2.31. The first-order valence-electron chi connectivity index (χ1n) is 6.77. The molecule has 0 atom stereocenters. The smallest absolute Gasteiger partial charge is 0.316 e. The second kappa shape index (κ2) is 6.27. The second-order valence-electron chi connectivity index (χ2n) is 5.13. The molecule has 1 aliphatic carbocycles. The number of hydrogen-bond donors (Lipinski definition) is 0. The van der Waals surface area contributed by atoms with Gasteiger partial charge in [-0.1, -0.05) is 11.8 Å². The molecular formula is C15H18N2O2S. The summed E-state index contributed by atoms with van der Waals surface area (Å²) in [7, 11) is 0. The monoisotopic (exact) mass is 290 g/mol. The molecule has 0 N–H and O–H groups in total. The molecule has 0 spiro atoms. The number of hydrogen-bond acceptors (Lipinski definition) is 5. The van der Waals surface area contributed by atoms with E-state index in [0.717, 1.165) is 30.5 Å². The van der Waals surface area contributed by atoms with Crippen LogP contribution in [0.25, 0.3) is 0 Å². The lowest BCUT2D eigenvalue weighted by Gasteiger charge is -2.11. The molecule has 0 fully saturated rings. The fourth-order valence-corrected chi connectivity index (χ4v) is 3.25. The van der Waals surface area contributed by atoms with Crippen molar-refractivity contribution in [2.75, 3.05) is 5.75 Å². The first kappa shape index (κ1) is 14.9. The topological polar surface area (TPSA) is 63.0 Å². The van der Waals surface area contributed by atoms with E-state index in [-0.39, 0.29) is 17.8 Å². The summed E-state index contributed by atoms with van der Waals surface area (Å²) in [5.41, 5.74) is 3.93. The van der Waals surface area contributed by atoms with Crippen LogP contribution in [0.1, 0.15) is 42.7 Å². The quantitative estimate of drug-likeness (QED) is 0.630. The van der Waals surface area contributed by atoms with E-state index in [0.29, 0.717) is 10.6 Å². The molecule has 106 valence electrons. The zero-order chi connectivity index (χ0) is 14.7. The molecule has 0 aliphatic heterocycles. The third kappa shape index (κ3) is 3.13. The van der Waals surface area contributed by atoms with Gasteiger partial charge >= 0.3 is 5.97 Å². The standard InChI is InChI=1S/C15H18N2O2S/c1-9(2)19-14(18)8-20-15-12(7-16)10(3)11-5-4-6-13(11)17-15/h9H,4-6,8H2,1-3H3. The maximum atomic E-state index is 11.6. The molecule has 0 unspecified atom stereocenters. The van der Waals surface area contributed by atoms with Crippen molar-refractivity contribution in [3.8, 4) is 6.07 Å². The Hall–Kier alpha value is -1.54. The van der Waals surface area contributed by atoms with Gasteiger partial charge in [0.15, 0.2) is 0 Å². The minimum atomic E-state index is -0.270. The van der Waals surface area contributed by atoms with Crippen LogP contribution in [0, 0.1) is 18.3 Å². The Morgan fingerprint density at radius 2 is 2.25 bits per heavy atom. The first-order chi connectivity index (χ1) is 9.52. The number of pyridine rings is 1. The summed E-state index contributed by atoms with van der Waals surface area (Å²) in [5.74, 6) is -0.0770. The van der Waals surface area contributed by atoms with Crippen LogP contribution in [-0.2, 0) is 22.4 Å². The molecule has 0 bridgehead atoms. The van der Waals surface area contributed by atoms with Gasteiger partial charge in [-0.05, 0) is 51.2 Å². The van der Waals surface area contributed by atoms with Crippen LogP contribution < -0.4 is 0 Å². The third-order valence-electron chi connectivity index (χ3n) is 3.27. The number of carbonyl (C=O) groups excluding carboxylic acids is 1. The number of aromatic nitrogens is 1. The number of fused-ring (bicyclic) bond motifs is 1. The molecule has 1 aliphatic rings. The van der Waals surface area contributed by atoms with Crippen LogP contribution in [-0.4, -0.2) is 22.8 Å². The highest BCUT2D eigenvalue weighted by molar-refractivity contribution is 7.99. The van der Waals surface area contributed by atoms with Crippen molar-refractivity contribution in [2.45, 2.75) is 51.2 Å². The summed E-state index contributed by atoms with van der Waals surface area (Å²) in [6, 6.07) is 2.22. The molecule has 1 aromatic heterocycles. The molecule has 1 aromatic rings. The van der Waals surface area contributed by atoms with Gasteiger partial charge in [0.05, 0.1) is 17.4 Å². The minimum absolute atomic E-state index is 0.117. The highest BCUT2D eigenvalue weighted by Gasteiger charge is 2.21. The zero-order valence-electron chi connectivity index (χ0n) is 12.0. The van der Waals surface area contributed by atoms with Crippen LogP contribution in [0.3, 0.4) is 0 Å². The number of rotatable bonds is 4. The summed E-state index contributed by atoms with van der Waals surface area (Å²) in [4.78, 5) is 16.2. The van der Waals surface area contributed by atoms with Gasteiger partial charge < -0.3 is 4.74 Å². The van der Waals surface area contributed by atoms with E-state index >= 15 is 0 Å². The molecule has 2 rings (SSSR count). The van der Waals surface area contributed by atoms with Crippen molar-refractivity contribution < 1.29 is 9.53 Å². The molecule has 1 heterocycles. The molecular weight excluding hydrogens is 272 g/mol. The van der Waals surface area contributed by atoms with Crippen LogP contribution >= 0.6 is 11.8 Å². The Bertz CT molecular complexity index is 576. The fraction of sp³-hybridized carbons (Fsp3) is 0.533. The summed E-state index contributed by atoms with van der Waals surface area (Å²) in [6.07, 6.45) is 2.94. The first-order valence-corrected chi connectivity index (χ1v) is 7.76. The van der Waals surface area contributed by atoms with Gasteiger partial charge in [-0.25, -0.2) is 4.98 Å². The SMILES string of the molecule is Cc1c(C#N)c(SCC(=O)OC(C)C)nc2c1CCC2. The lowest BCUT2D eigenvalue weighted by molar-refractivity contribution is -0.144. The van der Waals surface area contributed by atoms with Gasteiger partial charge in [0, 0.05) is 5.69 Å². The van der Waals surface area contributed by atoms with Gasteiger partial charge in [-0.3, -0.25) is 4.79 Å². The predicted octanol–water partition coefficient (Wildman–Crippen LogP) is 2.79. The van der Waals surface area contributed by atoms with Crippen molar-refractivity contribution in [3.63, 3.8) is 0 Å². The van der Waals surface area contributed by atoms with Crippen molar-refractivity contribution in [2.24, 2.45) is 0 Å². The number of nitrogens with zero attached hydrogens (tertiary/aromatic N) is 2. The van der Waals surface area contributed by atoms with E-state index in [1.54, 1.807) is 0 Å².